The van der Waals surface area contributed by atoms with Crippen LogP contribution < -0.4 is 32.4 Å². The van der Waals surface area contributed by atoms with Gasteiger partial charge in [-0.3, -0.25) is 23.5 Å². The first kappa shape index (κ1) is 26.3. The summed E-state index contributed by atoms with van der Waals surface area (Å²) in [5, 5.41) is 5.75. The predicted octanol–water partition coefficient (Wildman–Crippen LogP) is 2.73. The molecule has 1 heterocycles. The molecule has 2 aromatic carbocycles. The lowest BCUT2D eigenvalue weighted by Gasteiger charge is -2.16. The molecule has 0 aliphatic heterocycles. The fourth-order valence-corrected chi connectivity index (χ4v) is 3.60. The third kappa shape index (κ3) is 6.01. The second kappa shape index (κ2) is 11.4. The van der Waals surface area contributed by atoms with E-state index in [-0.39, 0.29) is 36.3 Å². The van der Waals surface area contributed by atoms with Gasteiger partial charge < -0.3 is 21.1 Å². The minimum absolute atomic E-state index is 0.0914. The van der Waals surface area contributed by atoms with Gasteiger partial charge in [-0.2, -0.15) is 0 Å². The Kier molecular flexibility index (Phi) is 8.31. The SMILES string of the molecule is CCOc1ccc(NC(=O)c2ccc(NCC(=O)c3c(N)n(CC(C)C)c(=O)n(C)c3=O)cc2)cc1. The fraction of sp³-hybridized carbons (Fsp3) is 0.308. The van der Waals surface area contributed by atoms with Crippen LogP contribution >= 0.6 is 0 Å². The largest absolute Gasteiger partial charge is 0.494 e. The lowest BCUT2D eigenvalue weighted by atomic mass is 10.1. The van der Waals surface area contributed by atoms with Gasteiger partial charge >= 0.3 is 5.69 Å². The van der Waals surface area contributed by atoms with Crippen LogP contribution in [0.5, 0.6) is 5.75 Å². The van der Waals surface area contributed by atoms with Gasteiger partial charge in [-0.15, -0.1) is 0 Å². The summed E-state index contributed by atoms with van der Waals surface area (Å²) in [4.78, 5) is 50.4. The number of nitrogens with zero attached hydrogens (tertiary/aromatic N) is 2. The highest BCUT2D eigenvalue weighted by Crippen LogP contribution is 2.17. The number of nitrogen functional groups attached to an aromatic ring is 1. The maximum Gasteiger partial charge on any atom is 0.332 e. The number of nitrogens with two attached hydrogens (primary N) is 1. The van der Waals surface area contributed by atoms with Crippen LogP contribution in [0.3, 0.4) is 0 Å². The molecule has 0 unspecified atom stereocenters. The summed E-state index contributed by atoms with van der Waals surface area (Å²) < 4.78 is 7.53. The quantitative estimate of drug-likeness (QED) is 0.369. The van der Waals surface area contributed by atoms with Crippen molar-refractivity contribution in [1.82, 2.24) is 9.13 Å². The topological polar surface area (TPSA) is 137 Å². The Morgan fingerprint density at radius 3 is 2.19 bits per heavy atom. The molecule has 0 aliphatic rings. The van der Waals surface area contributed by atoms with E-state index in [2.05, 4.69) is 10.6 Å². The van der Waals surface area contributed by atoms with Gasteiger partial charge in [0.05, 0.1) is 13.2 Å². The molecule has 0 bridgehead atoms. The van der Waals surface area contributed by atoms with Crippen LogP contribution in [-0.4, -0.2) is 34.0 Å². The molecular weight excluding hydrogens is 462 g/mol. The first-order chi connectivity index (χ1) is 17.1. The second-order valence-electron chi connectivity index (χ2n) is 8.68. The highest BCUT2D eigenvalue weighted by Gasteiger charge is 2.21. The van der Waals surface area contributed by atoms with Crippen molar-refractivity contribution in [2.24, 2.45) is 13.0 Å². The molecule has 0 aliphatic carbocycles. The van der Waals surface area contributed by atoms with E-state index < -0.39 is 17.0 Å². The molecule has 0 fully saturated rings. The van der Waals surface area contributed by atoms with Crippen LogP contribution in [-0.2, 0) is 13.6 Å². The maximum absolute atomic E-state index is 12.9. The van der Waals surface area contributed by atoms with Crippen molar-refractivity contribution in [3.63, 3.8) is 0 Å². The van der Waals surface area contributed by atoms with Crippen molar-refractivity contribution in [3.05, 3.63) is 80.5 Å². The number of carbonyl (C=O) groups excluding carboxylic acids is 2. The van der Waals surface area contributed by atoms with E-state index in [4.69, 9.17) is 10.5 Å². The Balaban J connectivity index is 1.68. The van der Waals surface area contributed by atoms with Crippen molar-refractivity contribution in [2.45, 2.75) is 27.3 Å². The van der Waals surface area contributed by atoms with E-state index >= 15 is 0 Å². The molecular formula is C26H31N5O5. The molecule has 4 N–H and O–H groups in total. The molecule has 0 saturated carbocycles. The van der Waals surface area contributed by atoms with Crippen LogP contribution in [0.2, 0.25) is 0 Å². The molecule has 3 rings (SSSR count). The lowest BCUT2D eigenvalue weighted by Crippen LogP contribution is -2.43. The van der Waals surface area contributed by atoms with Crippen molar-refractivity contribution in [3.8, 4) is 5.75 Å². The summed E-state index contributed by atoms with van der Waals surface area (Å²) in [5.74, 6) is -0.147. The first-order valence-corrected chi connectivity index (χ1v) is 11.6. The molecule has 10 nitrogen and oxygen atoms in total. The van der Waals surface area contributed by atoms with Crippen LogP contribution in [0.15, 0.2) is 58.1 Å². The van der Waals surface area contributed by atoms with Gasteiger partial charge in [-0.05, 0) is 61.4 Å². The molecule has 190 valence electrons. The molecule has 0 saturated heterocycles. The molecule has 1 amide bonds. The van der Waals surface area contributed by atoms with Crippen molar-refractivity contribution < 1.29 is 14.3 Å². The van der Waals surface area contributed by atoms with Crippen LogP contribution in [0, 0.1) is 5.92 Å². The zero-order valence-corrected chi connectivity index (χ0v) is 20.8. The zero-order valence-electron chi connectivity index (χ0n) is 20.8. The Morgan fingerprint density at radius 2 is 1.61 bits per heavy atom. The number of aromatic nitrogens is 2. The standard InChI is InChI=1S/C26H31N5O5/c1-5-36-20-12-10-19(11-13-20)29-24(33)17-6-8-18(9-7-17)28-14-21(32)22-23(27)31(15-16(2)3)26(35)30(4)25(22)34/h6-13,16,28H,5,14-15,27H2,1-4H3,(H,29,33). The lowest BCUT2D eigenvalue weighted by molar-refractivity contribution is 0.100. The van der Waals surface area contributed by atoms with E-state index in [1.807, 2.05) is 20.8 Å². The normalized spacial score (nSPS) is 10.8. The third-order valence-corrected chi connectivity index (χ3v) is 5.43. The monoisotopic (exact) mass is 493 g/mol. The summed E-state index contributed by atoms with van der Waals surface area (Å²) >= 11 is 0. The summed E-state index contributed by atoms with van der Waals surface area (Å²) in [6, 6.07) is 13.6. The zero-order chi connectivity index (χ0) is 26.4. The average molecular weight is 494 g/mol. The highest BCUT2D eigenvalue weighted by molar-refractivity contribution is 6.04. The number of hydrogen-bond donors (Lipinski definition) is 3. The van der Waals surface area contributed by atoms with Crippen LogP contribution in [0.25, 0.3) is 0 Å². The van der Waals surface area contributed by atoms with Crippen molar-refractivity contribution >= 4 is 28.9 Å². The molecule has 10 heteroatoms. The van der Waals surface area contributed by atoms with E-state index in [1.165, 1.54) is 11.6 Å². The number of Topliss-reactive ketones (excluding diaryl/α,β-unsaturated/α-hetero) is 1. The van der Waals surface area contributed by atoms with Crippen LogP contribution in [0.1, 0.15) is 41.5 Å². The predicted molar refractivity (Wildman–Crippen MR) is 140 cm³/mol. The molecule has 0 spiro atoms. The number of hydrogen-bond acceptors (Lipinski definition) is 7. The van der Waals surface area contributed by atoms with E-state index in [0.29, 0.717) is 23.5 Å². The Labute approximate surface area is 208 Å². The Hall–Kier alpha value is -4.34. The molecule has 1 aromatic heterocycles. The van der Waals surface area contributed by atoms with Gasteiger partial charge in [0, 0.05) is 30.5 Å². The second-order valence-corrected chi connectivity index (χ2v) is 8.68. The minimum atomic E-state index is -0.731. The number of benzene rings is 2. The van der Waals surface area contributed by atoms with Crippen molar-refractivity contribution in [1.29, 1.82) is 0 Å². The number of nitrogens with one attached hydrogen (secondary N) is 2. The van der Waals surface area contributed by atoms with Crippen LogP contribution in [0.4, 0.5) is 17.2 Å². The minimum Gasteiger partial charge on any atom is -0.494 e. The van der Waals surface area contributed by atoms with Gasteiger partial charge in [0.1, 0.15) is 17.1 Å². The molecule has 36 heavy (non-hydrogen) atoms. The number of ketones is 1. The molecule has 3 aromatic rings. The highest BCUT2D eigenvalue weighted by atomic mass is 16.5. The van der Waals surface area contributed by atoms with Gasteiger partial charge in [0.2, 0.25) is 0 Å². The summed E-state index contributed by atoms with van der Waals surface area (Å²) in [7, 11) is 1.32. The maximum atomic E-state index is 12.9. The summed E-state index contributed by atoms with van der Waals surface area (Å²) in [6.07, 6.45) is 0. The Bertz CT molecular complexity index is 1360. The van der Waals surface area contributed by atoms with E-state index in [9.17, 15) is 19.2 Å². The first-order valence-electron chi connectivity index (χ1n) is 11.6. The number of rotatable bonds is 10. The third-order valence-electron chi connectivity index (χ3n) is 5.43. The number of anilines is 3. The Morgan fingerprint density at radius 1 is 1.00 bits per heavy atom. The van der Waals surface area contributed by atoms with Gasteiger partial charge in [-0.25, -0.2) is 4.79 Å². The van der Waals surface area contributed by atoms with E-state index in [1.54, 1.807) is 48.5 Å². The van der Waals surface area contributed by atoms with Crippen molar-refractivity contribution in [2.75, 3.05) is 29.5 Å². The summed E-state index contributed by atoms with van der Waals surface area (Å²) in [5.41, 5.74) is 6.18. The van der Waals surface area contributed by atoms with E-state index in [0.717, 1.165) is 10.3 Å². The van der Waals surface area contributed by atoms with Gasteiger partial charge in [0.15, 0.2) is 5.78 Å². The van der Waals surface area contributed by atoms with Gasteiger partial charge in [-0.1, -0.05) is 13.8 Å². The molecule has 0 atom stereocenters. The van der Waals surface area contributed by atoms with Gasteiger partial charge in [0.25, 0.3) is 11.5 Å². The average Bonchev–Trinajstić information content (AvgIpc) is 2.85. The number of amides is 1. The molecule has 0 radical (unpaired) electrons. The number of ether oxygens (including phenoxy) is 1. The summed E-state index contributed by atoms with van der Waals surface area (Å²) in [6.45, 7) is 6.34. The fourth-order valence-electron chi connectivity index (χ4n) is 3.60. The smallest absolute Gasteiger partial charge is 0.332 e. The number of carbonyl (C=O) groups is 2.